The van der Waals surface area contributed by atoms with Gasteiger partial charge in [0.05, 0.1) is 0 Å². The summed E-state index contributed by atoms with van der Waals surface area (Å²) >= 11 is -0.0193. The van der Waals surface area contributed by atoms with E-state index in [1.165, 1.54) is 0 Å². The molecule has 0 bridgehead atoms. The molecule has 0 radical (unpaired) electrons. The Balaban J connectivity index is 2.37. The molecule has 132 valence electrons. The van der Waals surface area contributed by atoms with Crippen molar-refractivity contribution in [3.63, 3.8) is 0 Å². The molecule has 25 heavy (non-hydrogen) atoms. The minimum absolute atomic E-state index is 0.0193. The summed E-state index contributed by atoms with van der Waals surface area (Å²) in [5.74, 6) is 0.663. The molecule has 0 spiro atoms. The van der Waals surface area contributed by atoms with E-state index in [0.29, 0.717) is 36.0 Å². The third kappa shape index (κ3) is 4.93. The van der Waals surface area contributed by atoms with Gasteiger partial charge in [0.2, 0.25) is 0 Å². The first-order valence-corrected chi connectivity index (χ1v) is 9.70. The number of nitrogens with zero attached hydrogens (tertiary/aromatic N) is 2. The third-order valence-electron chi connectivity index (χ3n) is 3.57. The second-order valence-corrected chi connectivity index (χ2v) is 7.74. The van der Waals surface area contributed by atoms with E-state index in [2.05, 4.69) is 11.1 Å². The zero-order valence-corrected chi connectivity index (χ0v) is 15.9. The molecule has 1 heterocycles. The van der Waals surface area contributed by atoms with E-state index in [-0.39, 0.29) is 33.6 Å². The van der Waals surface area contributed by atoms with Gasteiger partial charge in [-0.3, -0.25) is 0 Å². The summed E-state index contributed by atoms with van der Waals surface area (Å²) in [7, 11) is 0. The average molecular weight is 407 g/mol. The van der Waals surface area contributed by atoms with Crippen LogP contribution < -0.4 is 4.74 Å². The third-order valence-corrected chi connectivity index (χ3v) is 5.63. The first-order valence-electron chi connectivity index (χ1n) is 7.85. The number of aliphatic hydroxyl groups is 1. The summed E-state index contributed by atoms with van der Waals surface area (Å²) in [4.78, 5) is 14.8. The predicted molar refractivity (Wildman–Crippen MR) is 92.4 cm³/mol. The van der Waals surface area contributed by atoms with Gasteiger partial charge in [0.15, 0.2) is 0 Å². The van der Waals surface area contributed by atoms with E-state index < -0.39 is 0 Å². The quantitative estimate of drug-likeness (QED) is 0.504. The summed E-state index contributed by atoms with van der Waals surface area (Å²) in [6.45, 7) is 5.00. The zero-order valence-electron chi connectivity index (χ0n) is 14.1. The van der Waals surface area contributed by atoms with E-state index in [4.69, 9.17) is 9.47 Å². The second kappa shape index (κ2) is 9.38. The molecule has 1 unspecified atom stereocenters. The van der Waals surface area contributed by atoms with Crippen molar-refractivity contribution < 1.29 is 19.4 Å². The van der Waals surface area contributed by atoms with Crippen LogP contribution in [0.15, 0.2) is 23.3 Å². The van der Waals surface area contributed by atoms with Gasteiger partial charge in [-0.15, -0.1) is 0 Å². The predicted octanol–water partition coefficient (Wildman–Crippen LogP) is 1.84. The first kappa shape index (κ1) is 19.2. The standard InChI is InChI=1S/C18H20N2O4Se/c1-12(2)8-24-17-4-3-13(5-14(17)6-19)15(9-23-11-22)18-16(7-21)20-10-25-18/h3-5,10-12,15,21H,7-9H2,1-2H3. The summed E-state index contributed by atoms with van der Waals surface area (Å²) in [5.41, 5.74) is 1.88. The first-order chi connectivity index (χ1) is 12.1. The van der Waals surface area contributed by atoms with Crippen molar-refractivity contribution in [2.75, 3.05) is 13.2 Å². The molecule has 0 fully saturated rings. The fourth-order valence-electron chi connectivity index (χ4n) is 2.37. The maximum atomic E-state index is 10.6. The molecule has 1 aromatic heterocycles. The summed E-state index contributed by atoms with van der Waals surface area (Å²) in [5, 5.41) is 20.7. The van der Waals surface area contributed by atoms with Crippen LogP contribution in [-0.2, 0) is 16.1 Å². The fraction of sp³-hybridized carbons (Fsp3) is 0.389. The van der Waals surface area contributed by atoms with E-state index in [1.807, 2.05) is 19.9 Å². The molecule has 0 saturated heterocycles. The Labute approximate surface area is 152 Å². The Morgan fingerprint density at radius 3 is 2.84 bits per heavy atom. The number of hydrogen-bond acceptors (Lipinski definition) is 6. The SMILES string of the molecule is CC(C)COc1ccc(C(COC=O)c2[se]cnc2CO)cc1C#N. The van der Waals surface area contributed by atoms with Crippen molar-refractivity contribution >= 4 is 21.0 Å². The van der Waals surface area contributed by atoms with Crippen molar-refractivity contribution in [1.29, 1.82) is 5.26 Å². The molecule has 7 heteroatoms. The Kier molecular flexibility index (Phi) is 7.20. The molecule has 0 aliphatic heterocycles. The number of benzene rings is 1. The number of aliphatic hydroxyl groups excluding tert-OH is 1. The molecular formula is C18H20N2O4Se. The van der Waals surface area contributed by atoms with Crippen LogP contribution in [0.4, 0.5) is 0 Å². The maximum absolute atomic E-state index is 10.6. The molecule has 0 amide bonds. The van der Waals surface area contributed by atoms with Crippen LogP contribution in [0.5, 0.6) is 5.75 Å². The summed E-state index contributed by atoms with van der Waals surface area (Å²) in [6.07, 6.45) is 0. The van der Waals surface area contributed by atoms with Gasteiger partial charge in [0.25, 0.3) is 0 Å². The number of hydrogen-bond donors (Lipinski definition) is 1. The van der Waals surface area contributed by atoms with Gasteiger partial charge in [0, 0.05) is 0 Å². The van der Waals surface area contributed by atoms with Gasteiger partial charge < -0.3 is 0 Å². The summed E-state index contributed by atoms with van der Waals surface area (Å²) < 4.78 is 11.6. The Morgan fingerprint density at radius 1 is 1.40 bits per heavy atom. The van der Waals surface area contributed by atoms with Crippen LogP contribution in [-0.4, -0.2) is 44.3 Å². The van der Waals surface area contributed by atoms with Gasteiger partial charge in [-0.1, -0.05) is 0 Å². The fourth-order valence-corrected chi connectivity index (χ4v) is 4.29. The Morgan fingerprint density at radius 2 is 2.20 bits per heavy atom. The number of carbonyl (C=O) groups excluding carboxylic acids is 1. The number of aromatic nitrogens is 1. The zero-order chi connectivity index (χ0) is 18.2. The van der Waals surface area contributed by atoms with Crippen molar-refractivity contribution in [3.05, 3.63) is 44.5 Å². The van der Waals surface area contributed by atoms with Gasteiger partial charge in [0.1, 0.15) is 0 Å². The number of carbonyl (C=O) groups is 1. The van der Waals surface area contributed by atoms with E-state index >= 15 is 0 Å². The number of rotatable bonds is 9. The second-order valence-electron chi connectivity index (χ2n) is 5.88. The molecular weight excluding hydrogens is 387 g/mol. The summed E-state index contributed by atoms with van der Waals surface area (Å²) in [6, 6.07) is 7.55. The van der Waals surface area contributed by atoms with Crippen LogP contribution in [0.2, 0.25) is 0 Å². The van der Waals surface area contributed by atoms with E-state index in [1.54, 1.807) is 17.2 Å². The van der Waals surface area contributed by atoms with Crippen LogP contribution in [0.25, 0.3) is 0 Å². The van der Waals surface area contributed by atoms with Gasteiger partial charge >= 0.3 is 152 Å². The number of nitriles is 1. The van der Waals surface area contributed by atoms with Crippen molar-refractivity contribution in [2.45, 2.75) is 26.4 Å². The molecule has 0 aliphatic rings. The average Bonchev–Trinajstić information content (AvgIpc) is 3.09. The monoisotopic (exact) mass is 408 g/mol. The van der Waals surface area contributed by atoms with Gasteiger partial charge in [-0.05, 0) is 0 Å². The van der Waals surface area contributed by atoms with E-state index in [9.17, 15) is 15.2 Å². The van der Waals surface area contributed by atoms with Crippen LogP contribution >= 0.6 is 0 Å². The molecule has 0 saturated carbocycles. The number of ether oxygens (including phenoxy) is 2. The topological polar surface area (TPSA) is 92.4 Å². The normalized spacial score (nSPS) is 11.8. The van der Waals surface area contributed by atoms with Crippen molar-refractivity contribution in [1.82, 2.24) is 4.98 Å². The Bertz CT molecular complexity index is 752. The molecule has 1 atom stereocenters. The van der Waals surface area contributed by atoms with Crippen LogP contribution in [0, 0.1) is 17.2 Å². The van der Waals surface area contributed by atoms with E-state index in [0.717, 1.165) is 10.0 Å². The molecule has 0 aliphatic carbocycles. The molecule has 2 rings (SSSR count). The molecule has 1 N–H and O–H groups in total. The van der Waals surface area contributed by atoms with Crippen molar-refractivity contribution in [2.24, 2.45) is 5.92 Å². The van der Waals surface area contributed by atoms with Crippen LogP contribution in [0.1, 0.15) is 41.0 Å². The van der Waals surface area contributed by atoms with Gasteiger partial charge in [-0.25, -0.2) is 0 Å². The molecule has 1 aromatic carbocycles. The molecule has 2 aromatic rings. The molecule has 6 nitrogen and oxygen atoms in total. The van der Waals surface area contributed by atoms with Crippen molar-refractivity contribution in [3.8, 4) is 11.8 Å². The minimum atomic E-state index is -0.235. The van der Waals surface area contributed by atoms with Gasteiger partial charge in [-0.2, -0.15) is 0 Å². The van der Waals surface area contributed by atoms with Crippen LogP contribution in [0.3, 0.4) is 0 Å². The Hall–Kier alpha value is -2.13.